The Labute approximate surface area is 222 Å². The molecule has 4 rings (SSSR count). The number of carbonyl (C=O) groups is 3. The van der Waals surface area contributed by atoms with Crippen molar-refractivity contribution in [2.24, 2.45) is 0 Å². The Bertz CT molecular complexity index is 1320. The second kappa shape index (κ2) is 12.5. The van der Waals surface area contributed by atoms with Crippen LogP contribution in [0.4, 0.5) is 0 Å². The minimum Gasteiger partial charge on any atom is -0.356 e. The molecule has 2 heterocycles. The fraction of sp³-hybridized carbons (Fsp3) is 0.194. The molecule has 2 amide bonds. The van der Waals surface area contributed by atoms with Gasteiger partial charge < -0.3 is 10.6 Å². The summed E-state index contributed by atoms with van der Waals surface area (Å²) in [6, 6.07) is 22.9. The molecule has 2 aromatic carbocycles. The zero-order valence-electron chi connectivity index (χ0n) is 21.5. The predicted molar refractivity (Wildman–Crippen MR) is 148 cm³/mol. The minimum absolute atomic E-state index is 0.0501. The summed E-state index contributed by atoms with van der Waals surface area (Å²) < 4.78 is 0. The predicted octanol–water partition coefficient (Wildman–Crippen LogP) is 4.40. The van der Waals surface area contributed by atoms with Crippen LogP contribution < -0.4 is 10.6 Å². The summed E-state index contributed by atoms with van der Waals surface area (Å²) in [5.41, 5.74) is 6.06. The Kier molecular flexibility index (Phi) is 8.72. The maximum atomic E-state index is 13.8. The Morgan fingerprint density at radius 1 is 0.605 bits per heavy atom. The van der Waals surface area contributed by atoms with Crippen molar-refractivity contribution in [1.29, 1.82) is 0 Å². The van der Waals surface area contributed by atoms with E-state index in [0.717, 1.165) is 35.1 Å². The number of hydrogen-bond acceptors (Lipinski definition) is 5. The van der Waals surface area contributed by atoms with E-state index in [2.05, 4.69) is 20.6 Å². The van der Waals surface area contributed by atoms with E-state index in [1.54, 1.807) is 36.7 Å². The van der Waals surface area contributed by atoms with Crippen molar-refractivity contribution in [2.45, 2.75) is 26.7 Å². The van der Waals surface area contributed by atoms with Crippen LogP contribution in [0.25, 0.3) is 22.5 Å². The van der Waals surface area contributed by atoms with Crippen LogP contribution in [-0.4, -0.2) is 40.7 Å². The number of amides is 2. The van der Waals surface area contributed by atoms with Gasteiger partial charge in [0.05, 0.1) is 11.4 Å². The Hall–Kier alpha value is -4.65. The third kappa shape index (κ3) is 6.76. The molecule has 192 valence electrons. The second-order valence-electron chi connectivity index (χ2n) is 8.99. The molecule has 0 atom stereocenters. The van der Waals surface area contributed by atoms with Gasteiger partial charge in [-0.15, -0.1) is 0 Å². The summed E-state index contributed by atoms with van der Waals surface area (Å²) in [5, 5.41) is 5.60. The average molecular weight is 507 g/mol. The average Bonchev–Trinajstić information content (AvgIpc) is 2.93. The second-order valence-corrected chi connectivity index (χ2v) is 8.99. The Balaban J connectivity index is 1.58. The molecule has 0 saturated carbocycles. The summed E-state index contributed by atoms with van der Waals surface area (Å²) in [5.74, 6) is -0.252. The molecule has 0 aliphatic carbocycles. The highest BCUT2D eigenvalue weighted by molar-refractivity contribution is 6.15. The summed E-state index contributed by atoms with van der Waals surface area (Å²) >= 11 is 0. The van der Waals surface area contributed by atoms with Crippen molar-refractivity contribution in [3.05, 3.63) is 107 Å². The van der Waals surface area contributed by atoms with Crippen LogP contribution in [-0.2, 0) is 22.4 Å². The monoisotopic (exact) mass is 506 g/mol. The molecule has 2 aromatic heterocycles. The zero-order chi connectivity index (χ0) is 26.9. The lowest BCUT2D eigenvalue weighted by atomic mass is 9.94. The van der Waals surface area contributed by atoms with Crippen LogP contribution >= 0.6 is 0 Å². The third-order valence-electron chi connectivity index (χ3n) is 6.13. The molecule has 0 saturated heterocycles. The lowest BCUT2D eigenvalue weighted by Gasteiger charge is -2.12. The molecular weight excluding hydrogens is 476 g/mol. The molecule has 7 heteroatoms. The van der Waals surface area contributed by atoms with Gasteiger partial charge in [0.25, 0.3) is 0 Å². The zero-order valence-corrected chi connectivity index (χ0v) is 21.5. The highest BCUT2D eigenvalue weighted by Gasteiger charge is 2.20. The normalized spacial score (nSPS) is 10.6. The molecule has 7 nitrogen and oxygen atoms in total. The van der Waals surface area contributed by atoms with Crippen LogP contribution in [0.3, 0.4) is 0 Å². The molecule has 0 bridgehead atoms. The molecule has 2 N–H and O–H groups in total. The molecule has 0 spiro atoms. The number of rotatable bonds is 10. The molecule has 4 aromatic rings. The van der Waals surface area contributed by atoms with Gasteiger partial charge in [0.2, 0.25) is 11.8 Å². The maximum absolute atomic E-state index is 13.8. The first-order valence-electron chi connectivity index (χ1n) is 12.5. The number of carbonyl (C=O) groups excluding carboxylic acids is 3. The van der Waals surface area contributed by atoms with E-state index in [9.17, 15) is 14.4 Å². The SMILES string of the molecule is CC(=O)NCCc1ccc(-c2ncccc2C(=O)c2cccnc2-c2ccc(CCNC(C)=O)cc2)cc1. The molecule has 0 unspecified atom stereocenters. The van der Waals surface area contributed by atoms with Crippen molar-refractivity contribution >= 4 is 17.6 Å². The van der Waals surface area contributed by atoms with Crippen LogP contribution in [0.2, 0.25) is 0 Å². The van der Waals surface area contributed by atoms with Gasteiger partial charge in [0.1, 0.15) is 0 Å². The molecule has 0 aliphatic heterocycles. The van der Waals surface area contributed by atoms with E-state index in [4.69, 9.17) is 0 Å². The van der Waals surface area contributed by atoms with E-state index in [-0.39, 0.29) is 17.6 Å². The number of aromatic nitrogens is 2. The largest absolute Gasteiger partial charge is 0.356 e. The van der Waals surface area contributed by atoms with Gasteiger partial charge in [-0.1, -0.05) is 48.5 Å². The van der Waals surface area contributed by atoms with Gasteiger partial charge in [0, 0.05) is 61.6 Å². The number of benzene rings is 2. The topological polar surface area (TPSA) is 101 Å². The quantitative estimate of drug-likeness (QED) is 0.311. The minimum atomic E-state index is -0.152. The Morgan fingerprint density at radius 2 is 1.00 bits per heavy atom. The number of nitrogens with one attached hydrogen (secondary N) is 2. The molecule has 0 aliphatic rings. The van der Waals surface area contributed by atoms with E-state index >= 15 is 0 Å². The number of ketones is 1. The molecular formula is C31H30N4O3. The van der Waals surface area contributed by atoms with Crippen molar-refractivity contribution in [2.75, 3.05) is 13.1 Å². The first-order chi connectivity index (χ1) is 18.4. The summed E-state index contributed by atoms with van der Waals surface area (Å²) in [7, 11) is 0. The standard InChI is InChI=1S/C31H30N4O3/c1-21(36)32-19-15-23-7-11-25(12-8-23)29-27(5-3-17-34-29)31(38)28-6-4-18-35-30(28)26-13-9-24(10-14-26)16-20-33-22(2)37/h3-14,17-18H,15-16,19-20H2,1-2H3,(H,32,36)(H,33,37). The van der Waals surface area contributed by atoms with Gasteiger partial charge in [-0.3, -0.25) is 24.4 Å². The summed E-state index contributed by atoms with van der Waals surface area (Å²) in [4.78, 5) is 45.1. The van der Waals surface area contributed by atoms with Crippen LogP contribution in [0, 0.1) is 0 Å². The van der Waals surface area contributed by atoms with E-state index in [1.807, 2.05) is 48.5 Å². The fourth-order valence-electron chi connectivity index (χ4n) is 4.21. The maximum Gasteiger partial charge on any atom is 0.216 e. The molecule has 38 heavy (non-hydrogen) atoms. The van der Waals surface area contributed by atoms with E-state index in [0.29, 0.717) is 35.6 Å². The first kappa shape index (κ1) is 26.4. The first-order valence-corrected chi connectivity index (χ1v) is 12.5. The third-order valence-corrected chi connectivity index (χ3v) is 6.13. The van der Waals surface area contributed by atoms with E-state index in [1.165, 1.54) is 13.8 Å². The van der Waals surface area contributed by atoms with Gasteiger partial charge in [-0.2, -0.15) is 0 Å². The van der Waals surface area contributed by atoms with Crippen LogP contribution in [0.1, 0.15) is 40.9 Å². The highest BCUT2D eigenvalue weighted by atomic mass is 16.2. The van der Waals surface area contributed by atoms with Crippen molar-refractivity contribution in [1.82, 2.24) is 20.6 Å². The smallest absolute Gasteiger partial charge is 0.216 e. The highest BCUT2D eigenvalue weighted by Crippen LogP contribution is 2.28. The lowest BCUT2D eigenvalue weighted by Crippen LogP contribution is -2.22. The van der Waals surface area contributed by atoms with Crippen LogP contribution in [0.15, 0.2) is 85.2 Å². The van der Waals surface area contributed by atoms with Gasteiger partial charge >= 0.3 is 0 Å². The number of hydrogen-bond donors (Lipinski definition) is 2. The van der Waals surface area contributed by atoms with Gasteiger partial charge in [-0.25, -0.2) is 0 Å². The van der Waals surface area contributed by atoms with Crippen molar-refractivity contribution in [3.8, 4) is 22.5 Å². The fourth-order valence-corrected chi connectivity index (χ4v) is 4.21. The summed E-state index contributed by atoms with van der Waals surface area (Å²) in [6.07, 6.45) is 4.80. The van der Waals surface area contributed by atoms with Gasteiger partial charge in [0.15, 0.2) is 5.78 Å². The lowest BCUT2D eigenvalue weighted by molar-refractivity contribution is -0.119. The van der Waals surface area contributed by atoms with Gasteiger partial charge in [-0.05, 0) is 48.2 Å². The van der Waals surface area contributed by atoms with Crippen LogP contribution in [0.5, 0.6) is 0 Å². The van der Waals surface area contributed by atoms with Crippen molar-refractivity contribution < 1.29 is 14.4 Å². The molecule has 0 fully saturated rings. The van der Waals surface area contributed by atoms with E-state index < -0.39 is 0 Å². The summed E-state index contributed by atoms with van der Waals surface area (Å²) in [6.45, 7) is 4.15. The number of nitrogens with zero attached hydrogens (tertiary/aromatic N) is 2. The molecule has 0 radical (unpaired) electrons. The van der Waals surface area contributed by atoms with Crippen molar-refractivity contribution in [3.63, 3.8) is 0 Å². The number of pyridine rings is 2. The Morgan fingerprint density at radius 3 is 1.37 bits per heavy atom.